The molecule has 1 aromatic heterocycles. The van der Waals surface area contributed by atoms with E-state index in [1.54, 1.807) is 0 Å². The van der Waals surface area contributed by atoms with Crippen molar-refractivity contribution in [2.24, 2.45) is 0 Å². The lowest BCUT2D eigenvalue weighted by molar-refractivity contribution is 0.672. The third-order valence-corrected chi connectivity index (χ3v) is 4.47. The molecule has 0 unspecified atom stereocenters. The fraction of sp³-hybridized carbons (Fsp3) is 0.500. The fourth-order valence-corrected chi connectivity index (χ4v) is 3.22. The predicted octanol–water partition coefficient (Wildman–Crippen LogP) is 4.10. The Morgan fingerprint density at radius 2 is 1.95 bits per heavy atom. The predicted molar refractivity (Wildman–Crippen MR) is 87.7 cm³/mol. The number of nitrogens with zero attached hydrogens (tertiary/aromatic N) is 2. The first kappa shape index (κ1) is 14.2. The Hall–Kier alpha value is -1.77. The second kappa shape index (κ2) is 6.33. The van der Waals surface area contributed by atoms with Gasteiger partial charge in [0.15, 0.2) is 0 Å². The maximum Gasteiger partial charge on any atom is 0.203 e. The van der Waals surface area contributed by atoms with Crippen LogP contribution in [0.25, 0.3) is 0 Å². The van der Waals surface area contributed by atoms with Crippen molar-refractivity contribution in [2.75, 3.05) is 5.32 Å². The molecule has 1 aliphatic carbocycles. The van der Waals surface area contributed by atoms with Gasteiger partial charge in [-0.05, 0) is 44.2 Å². The molecule has 0 bridgehead atoms. The monoisotopic (exact) mass is 283 g/mol. The lowest BCUT2D eigenvalue weighted by Gasteiger charge is -2.15. The minimum absolute atomic E-state index is 0.615. The van der Waals surface area contributed by atoms with Gasteiger partial charge >= 0.3 is 0 Å². The highest BCUT2D eigenvalue weighted by Gasteiger charge is 2.17. The van der Waals surface area contributed by atoms with E-state index in [0.717, 1.165) is 24.6 Å². The largest absolute Gasteiger partial charge is 0.353 e. The molecule has 1 heterocycles. The molecule has 0 spiro atoms. The van der Waals surface area contributed by atoms with Gasteiger partial charge in [-0.2, -0.15) is 0 Å². The molecule has 0 radical (unpaired) electrons. The van der Waals surface area contributed by atoms with E-state index >= 15 is 0 Å². The fourth-order valence-electron chi connectivity index (χ4n) is 3.22. The lowest BCUT2D eigenvalue weighted by Crippen LogP contribution is -2.18. The number of hydrogen-bond acceptors (Lipinski definition) is 2. The highest BCUT2D eigenvalue weighted by molar-refractivity contribution is 5.31. The Kier molecular flexibility index (Phi) is 4.28. The van der Waals surface area contributed by atoms with Crippen LogP contribution in [0, 0.1) is 13.8 Å². The summed E-state index contributed by atoms with van der Waals surface area (Å²) in [6, 6.07) is 9.26. The second-order valence-corrected chi connectivity index (χ2v) is 6.20. The first-order valence-corrected chi connectivity index (χ1v) is 8.07. The van der Waals surface area contributed by atoms with Crippen LogP contribution in [0.4, 0.5) is 5.95 Å². The van der Waals surface area contributed by atoms with E-state index in [2.05, 4.69) is 59.2 Å². The van der Waals surface area contributed by atoms with Crippen molar-refractivity contribution in [1.29, 1.82) is 0 Å². The molecule has 0 atom stereocenters. The molecule has 0 amide bonds. The van der Waals surface area contributed by atoms with E-state index in [1.165, 1.54) is 36.8 Å². The maximum absolute atomic E-state index is 4.66. The minimum atomic E-state index is 0.615. The van der Waals surface area contributed by atoms with E-state index in [-0.39, 0.29) is 0 Å². The molecule has 1 fully saturated rings. The van der Waals surface area contributed by atoms with Gasteiger partial charge in [-0.25, -0.2) is 4.98 Å². The number of hydrogen-bond donors (Lipinski definition) is 1. The zero-order chi connectivity index (χ0) is 14.7. The molecule has 3 heteroatoms. The van der Waals surface area contributed by atoms with Crippen molar-refractivity contribution in [3.63, 3.8) is 0 Å². The summed E-state index contributed by atoms with van der Waals surface area (Å²) in [4.78, 5) is 4.66. The number of rotatable bonds is 5. The van der Waals surface area contributed by atoms with E-state index < -0.39 is 0 Å². The summed E-state index contributed by atoms with van der Waals surface area (Å²) in [5, 5.41) is 3.63. The van der Waals surface area contributed by atoms with Crippen LogP contribution in [0.15, 0.2) is 30.5 Å². The van der Waals surface area contributed by atoms with Crippen LogP contribution >= 0.6 is 0 Å². The Bertz CT molecular complexity index is 594. The van der Waals surface area contributed by atoms with Crippen LogP contribution < -0.4 is 5.32 Å². The molecular formula is C18H25N3. The molecule has 112 valence electrons. The molecule has 3 nitrogen and oxygen atoms in total. The van der Waals surface area contributed by atoms with E-state index in [4.69, 9.17) is 0 Å². The van der Waals surface area contributed by atoms with Gasteiger partial charge in [-0.15, -0.1) is 0 Å². The minimum Gasteiger partial charge on any atom is -0.353 e. The standard InChI is InChI=1S/C18H25N3/c1-14-7-3-4-8-16(14)11-12-21-13-15(2)19-18(21)20-17-9-5-6-10-17/h3-4,7-8,13,17H,5-6,9-12H2,1-2H3,(H,19,20). The Morgan fingerprint density at radius 3 is 2.71 bits per heavy atom. The maximum atomic E-state index is 4.66. The van der Waals surface area contributed by atoms with Gasteiger partial charge < -0.3 is 9.88 Å². The zero-order valence-corrected chi connectivity index (χ0v) is 13.1. The number of anilines is 1. The third kappa shape index (κ3) is 3.46. The quantitative estimate of drug-likeness (QED) is 0.895. The Morgan fingerprint density at radius 1 is 1.19 bits per heavy atom. The molecular weight excluding hydrogens is 258 g/mol. The molecule has 0 aliphatic heterocycles. The number of nitrogens with one attached hydrogen (secondary N) is 1. The van der Waals surface area contributed by atoms with Gasteiger partial charge in [0.1, 0.15) is 0 Å². The van der Waals surface area contributed by atoms with E-state index in [1.807, 2.05) is 0 Å². The highest BCUT2D eigenvalue weighted by atomic mass is 15.2. The van der Waals surface area contributed by atoms with Gasteiger partial charge in [0, 0.05) is 18.8 Å². The normalized spacial score (nSPS) is 15.5. The summed E-state index contributed by atoms with van der Waals surface area (Å²) in [5.41, 5.74) is 3.90. The van der Waals surface area contributed by atoms with Crippen molar-refractivity contribution in [2.45, 2.75) is 58.5 Å². The number of aromatic nitrogens is 2. The lowest BCUT2D eigenvalue weighted by atomic mass is 10.1. The molecule has 3 rings (SSSR count). The summed E-state index contributed by atoms with van der Waals surface area (Å²) >= 11 is 0. The van der Waals surface area contributed by atoms with E-state index in [9.17, 15) is 0 Å². The molecule has 21 heavy (non-hydrogen) atoms. The Labute approximate surface area is 127 Å². The summed E-state index contributed by atoms with van der Waals surface area (Å²) in [7, 11) is 0. The van der Waals surface area contributed by atoms with Gasteiger partial charge in [0.2, 0.25) is 5.95 Å². The molecule has 2 aromatic rings. The molecule has 1 aliphatic rings. The average molecular weight is 283 g/mol. The second-order valence-electron chi connectivity index (χ2n) is 6.20. The number of benzene rings is 1. The van der Waals surface area contributed by atoms with Crippen molar-refractivity contribution in [1.82, 2.24) is 9.55 Å². The zero-order valence-electron chi connectivity index (χ0n) is 13.1. The smallest absolute Gasteiger partial charge is 0.203 e. The van der Waals surface area contributed by atoms with Crippen LogP contribution in [-0.2, 0) is 13.0 Å². The summed E-state index contributed by atoms with van der Waals surface area (Å²) in [5.74, 6) is 1.05. The van der Waals surface area contributed by atoms with Gasteiger partial charge in [0.05, 0.1) is 5.69 Å². The topological polar surface area (TPSA) is 29.9 Å². The summed E-state index contributed by atoms with van der Waals surface area (Å²) in [6.45, 7) is 5.25. The van der Waals surface area contributed by atoms with Crippen LogP contribution in [0.2, 0.25) is 0 Å². The molecule has 1 aromatic carbocycles. The summed E-state index contributed by atoms with van der Waals surface area (Å²) in [6.07, 6.45) is 8.48. The van der Waals surface area contributed by atoms with Crippen molar-refractivity contribution >= 4 is 5.95 Å². The van der Waals surface area contributed by atoms with Gasteiger partial charge in [0.25, 0.3) is 0 Å². The van der Waals surface area contributed by atoms with Crippen LogP contribution in [0.3, 0.4) is 0 Å². The van der Waals surface area contributed by atoms with Gasteiger partial charge in [-0.1, -0.05) is 37.1 Å². The molecule has 1 saturated carbocycles. The van der Waals surface area contributed by atoms with Crippen LogP contribution in [0.1, 0.15) is 42.5 Å². The van der Waals surface area contributed by atoms with Crippen molar-refractivity contribution in [3.8, 4) is 0 Å². The van der Waals surface area contributed by atoms with Gasteiger partial charge in [-0.3, -0.25) is 0 Å². The average Bonchev–Trinajstić information content (AvgIpc) is 3.08. The number of imidazole rings is 1. The summed E-state index contributed by atoms with van der Waals surface area (Å²) < 4.78 is 2.28. The first-order chi connectivity index (χ1) is 10.2. The van der Waals surface area contributed by atoms with Crippen molar-refractivity contribution < 1.29 is 0 Å². The number of aryl methyl sites for hydroxylation is 4. The van der Waals surface area contributed by atoms with Crippen LogP contribution in [-0.4, -0.2) is 15.6 Å². The van der Waals surface area contributed by atoms with Crippen molar-refractivity contribution in [3.05, 3.63) is 47.3 Å². The SMILES string of the molecule is Cc1cn(CCc2ccccc2C)c(NC2CCCC2)n1. The highest BCUT2D eigenvalue weighted by Crippen LogP contribution is 2.22. The molecule has 0 saturated heterocycles. The Balaban J connectivity index is 1.68. The third-order valence-electron chi connectivity index (χ3n) is 4.47. The first-order valence-electron chi connectivity index (χ1n) is 8.07. The van der Waals surface area contributed by atoms with E-state index in [0.29, 0.717) is 6.04 Å². The van der Waals surface area contributed by atoms with Crippen LogP contribution in [0.5, 0.6) is 0 Å². The molecule has 1 N–H and O–H groups in total.